The van der Waals surface area contributed by atoms with Crippen LogP contribution in [0.1, 0.15) is 38.3 Å². The highest BCUT2D eigenvalue weighted by Crippen LogP contribution is 2.23. The zero-order valence-corrected chi connectivity index (χ0v) is 11.7. The number of rotatable bonds is 4. The minimum absolute atomic E-state index is 0.716. The van der Waals surface area contributed by atoms with Crippen LogP contribution in [0.5, 0.6) is 0 Å². The molecule has 3 nitrogen and oxygen atoms in total. The van der Waals surface area contributed by atoms with E-state index in [-0.39, 0.29) is 0 Å². The summed E-state index contributed by atoms with van der Waals surface area (Å²) < 4.78 is 2.37. The number of hydrogen-bond donors (Lipinski definition) is 2. The molecule has 19 heavy (non-hydrogen) atoms. The van der Waals surface area contributed by atoms with Crippen molar-refractivity contribution in [3.63, 3.8) is 0 Å². The van der Waals surface area contributed by atoms with Crippen LogP contribution in [0.4, 0.5) is 5.69 Å². The maximum atomic E-state index is 5.90. The summed E-state index contributed by atoms with van der Waals surface area (Å²) in [6, 6.07) is 9.19. The van der Waals surface area contributed by atoms with Gasteiger partial charge in [-0.25, -0.2) is 0 Å². The van der Waals surface area contributed by atoms with Gasteiger partial charge in [0.2, 0.25) is 0 Å². The number of anilines is 1. The fraction of sp³-hybridized carbons (Fsp3) is 0.500. The molecule has 2 aromatic rings. The molecule has 0 saturated heterocycles. The lowest BCUT2D eigenvalue weighted by atomic mass is 10.2. The van der Waals surface area contributed by atoms with Gasteiger partial charge in [-0.05, 0) is 38.0 Å². The quantitative estimate of drug-likeness (QED) is 0.825. The largest absolute Gasteiger partial charge is 0.399 e. The Labute approximate surface area is 114 Å². The van der Waals surface area contributed by atoms with Crippen LogP contribution in [-0.2, 0) is 13.1 Å². The van der Waals surface area contributed by atoms with Crippen molar-refractivity contribution < 1.29 is 0 Å². The lowest BCUT2D eigenvalue weighted by Gasteiger charge is -2.13. The molecule has 0 unspecified atom stereocenters. The predicted octanol–water partition coefficient (Wildman–Crippen LogP) is 3.28. The van der Waals surface area contributed by atoms with Gasteiger partial charge in [-0.15, -0.1) is 0 Å². The van der Waals surface area contributed by atoms with Crippen LogP contribution >= 0.6 is 0 Å². The second kappa shape index (κ2) is 5.25. The Kier molecular flexibility index (Phi) is 3.47. The number of aromatic nitrogens is 1. The first kappa shape index (κ1) is 12.5. The van der Waals surface area contributed by atoms with Crippen molar-refractivity contribution in [2.75, 3.05) is 5.73 Å². The molecule has 102 valence electrons. The van der Waals surface area contributed by atoms with E-state index in [0.717, 1.165) is 18.8 Å². The van der Waals surface area contributed by atoms with E-state index in [1.165, 1.54) is 42.3 Å². The molecule has 0 spiro atoms. The normalized spacial score (nSPS) is 16.5. The smallest absolute Gasteiger partial charge is 0.0503 e. The molecule has 0 bridgehead atoms. The van der Waals surface area contributed by atoms with E-state index in [4.69, 9.17) is 5.73 Å². The molecule has 3 N–H and O–H groups in total. The molecule has 1 fully saturated rings. The third-order valence-corrected chi connectivity index (χ3v) is 4.26. The average molecular weight is 257 g/mol. The summed E-state index contributed by atoms with van der Waals surface area (Å²) in [6.07, 6.45) is 5.43. The van der Waals surface area contributed by atoms with Crippen LogP contribution in [0.25, 0.3) is 10.9 Å². The van der Waals surface area contributed by atoms with Gasteiger partial charge in [-0.1, -0.05) is 18.9 Å². The molecule has 1 aliphatic rings. The van der Waals surface area contributed by atoms with E-state index in [9.17, 15) is 0 Å². The summed E-state index contributed by atoms with van der Waals surface area (Å²) in [5, 5.41) is 4.99. The van der Waals surface area contributed by atoms with Crippen molar-refractivity contribution in [1.82, 2.24) is 9.88 Å². The number of fused-ring (bicyclic) bond motifs is 1. The van der Waals surface area contributed by atoms with E-state index in [1.807, 2.05) is 6.07 Å². The third kappa shape index (κ3) is 2.47. The molecule has 0 aliphatic heterocycles. The van der Waals surface area contributed by atoms with Gasteiger partial charge < -0.3 is 15.6 Å². The maximum absolute atomic E-state index is 5.90. The second-order valence-corrected chi connectivity index (χ2v) is 5.56. The van der Waals surface area contributed by atoms with Gasteiger partial charge in [0, 0.05) is 35.9 Å². The maximum Gasteiger partial charge on any atom is 0.0503 e. The van der Waals surface area contributed by atoms with Crippen LogP contribution in [0.2, 0.25) is 0 Å². The average Bonchev–Trinajstić information content (AvgIpc) is 3.02. The van der Waals surface area contributed by atoms with Gasteiger partial charge >= 0.3 is 0 Å². The van der Waals surface area contributed by atoms with Gasteiger partial charge in [0.05, 0.1) is 5.52 Å². The predicted molar refractivity (Wildman–Crippen MR) is 81.1 cm³/mol. The molecular formula is C16H23N3. The van der Waals surface area contributed by atoms with Gasteiger partial charge in [0.25, 0.3) is 0 Å². The monoisotopic (exact) mass is 257 g/mol. The second-order valence-electron chi connectivity index (χ2n) is 5.56. The summed E-state index contributed by atoms with van der Waals surface area (Å²) in [7, 11) is 0. The van der Waals surface area contributed by atoms with Crippen molar-refractivity contribution in [3.05, 3.63) is 30.0 Å². The fourth-order valence-electron chi connectivity index (χ4n) is 3.23. The first-order chi connectivity index (χ1) is 9.28. The van der Waals surface area contributed by atoms with Crippen molar-refractivity contribution in [2.24, 2.45) is 0 Å². The molecule has 0 radical (unpaired) electrons. The minimum atomic E-state index is 0.716. The number of nitrogens with zero attached hydrogens (tertiary/aromatic N) is 1. The number of aryl methyl sites for hydroxylation is 1. The summed E-state index contributed by atoms with van der Waals surface area (Å²) in [6.45, 7) is 4.16. The van der Waals surface area contributed by atoms with Crippen LogP contribution in [-0.4, -0.2) is 10.6 Å². The van der Waals surface area contributed by atoms with Gasteiger partial charge in [0.1, 0.15) is 0 Å². The van der Waals surface area contributed by atoms with Crippen LogP contribution < -0.4 is 11.1 Å². The Morgan fingerprint density at radius 3 is 2.79 bits per heavy atom. The third-order valence-electron chi connectivity index (χ3n) is 4.26. The standard InChI is InChI=1S/C16H23N3/c1-2-19-15(11-18-14-5-3-4-6-14)9-12-7-8-13(17)10-16(12)19/h7-10,14,18H,2-6,11,17H2,1H3. The number of nitrogens with one attached hydrogen (secondary N) is 1. The summed E-state index contributed by atoms with van der Waals surface area (Å²) >= 11 is 0. The molecule has 3 rings (SSSR count). The molecule has 1 aromatic carbocycles. The summed E-state index contributed by atoms with van der Waals surface area (Å²) in [5.74, 6) is 0. The highest BCUT2D eigenvalue weighted by atomic mass is 15.0. The Morgan fingerprint density at radius 2 is 2.05 bits per heavy atom. The number of hydrogen-bond acceptors (Lipinski definition) is 2. The van der Waals surface area contributed by atoms with E-state index < -0.39 is 0 Å². The molecule has 1 saturated carbocycles. The lowest BCUT2D eigenvalue weighted by molar-refractivity contribution is 0.510. The van der Waals surface area contributed by atoms with E-state index in [2.05, 4.69) is 35.0 Å². The molecule has 0 amide bonds. The summed E-state index contributed by atoms with van der Waals surface area (Å²) in [4.78, 5) is 0. The molecule has 1 aromatic heterocycles. The van der Waals surface area contributed by atoms with Crippen molar-refractivity contribution in [1.29, 1.82) is 0 Å². The molecule has 1 aliphatic carbocycles. The van der Waals surface area contributed by atoms with E-state index in [0.29, 0.717) is 6.04 Å². The number of nitrogen functional groups attached to an aromatic ring is 1. The number of benzene rings is 1. The highest BCUT2D eigenvalue weighted by Gasteiger charge is 2.15. The van der Waals surface area contributed by atoms with Gasteiger partial charge in [-0.2, -0.15) is 0 Å². The first-order valence-corrected chi connectivity index (χ1v) is 7.39. The lowest BCUT2D eigenvalue weighted by Crippen LogP contribution is -2.26. The van der Waals surface area contributed by atoms with E-state index >= 15 is 0 Å². The topological polar surface area (TPSA) is 43.0 Å². The Hall–Kier alpha value is -1.48. The van der Waals surface area contributed by atoms with Gasteiger partial charge in [-0.3, -0.25) is 0 Å². The van der Waals surface area contributed by atoms with Crippen LogP contribution in [0.3, 0.4) is 0 Å². The van der Waals surface area contributed by atoms with Crippen LogP contribution in [0.15, 0.2) is 24.3 Å². The Bertz CT molecular complexity index is 565. The first-order valence-electron chi connectivity index (χ1n) is 7.39. The van der Waals surface area contributed by atoms with Crippen molar-refractivity contribution in [3.8, 4) is 0 Å². The Morgan fingerprint density at radius 1 is 1.26 bits per heavy atom. The van der Waals surface area contributed by atoms with Crippen molar-refractivity contribution in [2.45, 2.75) is 51.7 Å². The SMILES string of the molecule is CCn1c(CNC2CCCC2)cc2ccc(N)cc21. The number of nitrogens with two attached hydrogens (primary N) is 1. The van der Waals surface area contributed by atoms with Gasteiger partial charge in [0.15, 0.2) is 0 Å². The Balaban J connectivity index is 1.85. The minimum Gasteiger partial charge on any atom is -0.399 e. The fourth-order valence-corrected chi connectivity index (χ4v) is 3.23. The molecule has 0 atom stereocenters. The molecular weight excluding hydrogens is 234 g/mol. The van der Waals surface area contributed by atoms with Crippen LogP contribution in [0, 0.1) is 0 Å². The van der Waals surface area contributed by atoms with E-state index in [1.54, 1.807) is 0 Å². The zero-order valence-electron chi connectivity index (χ0n) is 11.7. The molecule has 3 heteroatoms. The van der Waals surface area contributed by atoms with Crippen molar-refractivity contribution >= 4 is 16.6 Å². The highest BCUT2D eigenvalue weighted by molar-refractivity contribution is 5.84. The zero-order chi connectivity index (χ0) is 13.2. The summed E-state index contributed by atoms with van der Waals surface area (Å²) in [5.41, 5.74) is 9.37. The molecule has 1 heterocycles.